The van der Waals surface area contributed by atoms with E-state index in [0.717, 1.165) is 154 Å². The maximum absolute atomic E-state index is 12.8. The molecule has 0 bridgehead atoms. The molecule has 0 aromatic rings. The number of esters is 3. The molecule has 0 saturated carbocycles. The van der Waals surface area contributed by atoms with Crippen LogP contribution in [0.5, 0.6) is 0 Å². The van der Waals surface area contributed by atoms with Crippen molar-refractivity contribution in [1.82, 2.24) is 0 Å². The smallest absolute Gasteiger partial charge is 0.306 e. The van der Waals surface area contributed by atoms with E-state index in [4.69, 9.17) is 14.2 Å². The highest BCUT2D eigenvalue weighted by atomic mass is 16.6. The monoisotopic (exact) mass is 965 g/mol. The molecule has 6 heteroatoms. The van der Waals surface area contributed by atoms with Crippen LogP contribution in [0, 0.1) is 0 Å². The van der Waals surface area contributed by atoms with Gasteiger partial charge in [0.05, 0.1) is 0 Å². The van der Waals surface area contributed by atoms with Crippen molar-refractivity contribution in [3.63, 3.8) is 0 Å². The normalized spacial score (nSPS) is 13.2. The zero-order valence-corrected chi connectivity index (χ0v) is 44.7. The molecule has 70 heavy (non-hydrogen) atoms. The van der Waals surface area contributed by atoms with Gasteiger partial charge in [0.25, 0.3) is 0 Å². The minimum Gasteiger partial charge on any atom is -0.462 e. The highest BCUT2D eigenvalue weighted by molar-refractivity contribution is 5.71. The molecule has 0 aliphatic heterocycles. The highest BCUT2D eigenvalue weighted by Crippen LogP contribution is 2.12. The van der Waals surface area contributed by atoms with E-state index in [-0.39, 0.29) is 44.0 Å². The second-order valence-electron chi connectivity index (χ2n) is 17.7. The number of carbonyl (C=O) groups is 3. The van der Waals surface area contributed by atoms with Crippen LogP contribution in [0.3, 0.4) is 0 Å². The minimum atomic E-state index is -0.823. The van der Waals surface area contributed by atoms with Crippen molar-refractivity contribution in [2.75, 3.05) is 13.2 Å². The first kappa shape index (κ1) is 65.3. The summed E-state index contributed by atoms with van der Waals surface area (Å²) < 4.78 is 16.8. The lowest BCUT2D eigenvalue weighted by atomic mass is 10.1. The molecule has 0 spiro atoms. The molecular weight excluding hydrogens is 865 g/mol. The van der Waals surface area contributed by atoms with E-state index in [1.54, 1.807) is 0 Å². The number of unbranched alkanes of at least 4 members (excludes halogenated alkanes) is 13. The van der Waals surface area contributed by atoms with Crippen molar-refractivity contribution in [3.8, 4) is 0 Å². The lowest BCUT2D eigenvalue weighted by Crippen LogP contribution is -2.30. The summed E-state index contributed by atoms with van der Waals surface area (Å²) in [5, 5.41) is 0. The molecule has 0 amide bonds. The van der Waals surface area contributed by atoms with Crippen LogP contribution in [0.4, 0.5) is 0 Å². The molecule has 0 N–H and O–H groups in total. The SMILES string of the molecule is CC/C=C\C/C=C\C/C=C\C/C=C\C/C=C\C/C=C\C/C=C\CCCC(=O)OCC(COC(=O)CCCCCCC/C=C\C/C=C\CCCC)OC(=O)CCCCCCC/C=C\C/C=C\C/C=C\CC. The standard InChI is InChI=1S/C64H100O6/c1-4-7-10-13-16-19-22-25-28-29-30-31-32-33-34-35-37-39-42-45-48-51-54-57-63(66)69-60-61(59-68-62(65)56-53-50-47-44-41-38-27-24-21-18-15-12-9-6-3)70-64(67)58-55-52-49-46-43-40-36-26-23-20-17-14-11-8-5-2/h7-8,10-11,15-20,24-28,30-31,33-34,36-37,39,45,48,61H,4-6,9,12-14,21-23,29,32,35,38,40-44,46-47,49-60H2,1-3H3/b10-7-,11-8-,18-15-,19-16-,20-17-,27-24-,28-25-,31-30-,34-33-,36-26-,39-37-,48-45-. The van der Waals surface area contributed by atoms with Gasteiger partial charge in [0.2, 0.25) is 0 Å². The number of rotatable bonds is 48. The molecule has 0 fully saturated rings. The summed E-state index contributed by atoms with van der Waals surface area (Å²) in [6, 6.07) is 0. The number of hydrogen-bond donors (Lipinski definition) is 0. The molecule has 0 aliphatic carbocycles. The predicted molar refractivity (Wildman–Crippen MR) is 302 cm³/mol. The third kappa shape index (κ3) is 54.2. The molecule has 1 unspecified atom stereocenters. The maximum atomic E-state index is 12.8. The van der Waals surface area contributed by atoms with E-state index >= 15 is 0 Å². The Morgan fingerprint density at radius 1 is 0.300 bits per heavy atom. The first-order valence-electron chi connectivity index (χ1n) is 27.8. The number of carbonyl (C=O) groups excluding carboxylic acids is 3. The van der Waals surface area contributed by atoms with Gasteiger partial charge in [0, 0.05) is 19.3 Å². The zero-order valence-electron chi connectivity index (χ0n) is 44.7. The Hall–Kier alpha value is -4.71. The topological polar surface area (TPSA) is 78.9 Å². The van der Waals surface area contributed by atoms with Crippen molar-refractivity contribution in [2.45, 2.75) is 226 Å². The van der Waals surface area contributed by atoms with E-state index in [1.807, 2.05) is 0 Å². The van der Waals surface area contributed by atoms with E-state index < -0.39 is 6.10 Å². The zero-order chi connectivity index (χ0) is 50.7. The molecular formula is C64H100O6. The molecule has 0 aromatic carbocycles. The van der Waals surface area contributed by atoms with Crippen molar-refractivity contribution in [2.24, 2.45) is 0 Å². The Bertz CT molecular complexity index is 1580. The first-order valence-corrected chi connectivity index (χ1v) is 27.8. The average Bonchev–Trinajstić information content (AvgIpc) is 3.36. The first-order chi connectivity index (χ1) is 34.5. The van der Waals surface area contributed by atoms with Gasteiger partial charge in [0.1, 0.15) is 13.2 Å². The van der Waals surface area contributed by atoms with Crippen LogP contribution in [-0.4, -0.2) is 37.2 Å². The summed E-state index contributed by atoms with van der Waals surface area (Å²) in [7, 11) is 0. The molecule has 1 atom stereocenters. The lowest BCUT2D eigenvalue weighted by molar-refractivity contribution is -0.167. The van der Waals surface area contributed by atoms with Crippen LogP contribution in [-0.2, 0) is 28.6 Å². The van der Waals surface area contributed by atoms with Crippen molar-refractivity contribution in [1.29, 1.82) is 0 Å². The quantitative estimate of drug-likeness (QED) is 0.0262. The molecule has 0 radical (unpaired) electrons. The summed E-state index contributed by atoms with van der Waals surface area (Å²) in [5.41, 5.74) is 0. The van der Waals surface area contributed by atoms with Gasteiger partial charge in [-0.15, -0.1) is 0 Å². The van der Waals surface area contributed by atoms with Crippen LogP contribution in [0.15, 0.2) is 146 Å². The summed E-state index contributed by atoms with van der Waals surface area (Å²) in [5.74, 6) is -1.02. The highest BCUT2D eigenvalue weighted by Gasteiger charge is 2.19. The van der Waals surface area contributed by atoms with Gasteiger partial charge in [-0.05, 0) is 128 Å². The van der Waals surface area contributed by atoms with Crippen molar-refractivity contribution < 1.29 is 28.6 Å². The van der Waals surface area contributed by atoms with Gasteiger partial charge in [-0.25, -0.2) is 0 Å². The second-order valence-corrected chi connectivity index (χ2v) is 17.7. The Morgan fingerprint density at radius 3 is 0.929 bits per heavy atom. The van der Waals surface area contributed by atoms with Crippen molar-refractivity contribution >= 4 is 17.9 Å². The Labute approximate surface area is 429 Å². The molecule has 0 aliphatic rings. The fourth-order valence-electron chi connectivity index (χ4n) is 6.93. The van der Waals surface area contributed by atoms with E-state index in [1.165, 1.54) is 19.3 Å². The fraction of sp³-hybridized carbons (Fsp3) is 0.578. The number of hydrogen-bond acceptors (Lipinski definition) is 6. The Kier molecular flexibility index (Phi) is 53.0. The molecule has 0 heterocycles. The Balaban J connectivity index is 4.54. The minimum absolute atomic E-state index is 0.117. The van der Waals surface area contributed by atoms with E-state index in [0.29, 0.717) is 12.8 Å². The predicted octanol–water partition coefficient (Wildman–Crippen LogP) is 18.8. The van der Waals surface area contributed by atoms with Gasteiger partial charge >= 0.3 is 17.9 Å². The fourth-order valence-corrected chi connectivity index (χ4v) is 6.93. The second kappa shape index (κ2) is 56.9. The van der Waals surface area contributed by atoms with Gasteiger partial charge < -0.3 is 14.2 Å². The van der Waals surface area contributed by atoms with E-state index in [9.17, 15) is 14.4 Å². The molecule has 6 nitrogen and oxygen atoms in total. The molecule has 0 saturated heterocycles. The molecule has 0 rings (SSSR count). The van der Waals surface area contributed by atoms with Crippen LogP contribution >= 0.6 is 0 Å². The van der Waals surface area contributed by atoms with Gasteiger partial charge in [-0.2, -0.15) is 0 Å². The Morgan fingerprint density at radius 2 is 0.571 bits per heavy atom. The number of ether oxygens (including phenoxy) is 3. The van der Waals surface area contributed by atoms with Crippen LogP contribution in [0.2, 0.25) is 0 Å². The van der Waals surface area contributed by atoms with Crippen molar-refractivity contribution in [3.05, 3.63) is 146 Å². The van der Waals surface area contributed by atoms with Gasteiger partial charge in [-0.1, -0.05) is 218 Å². The van der Waals surface area contributed by atoms with Crippen LogP contribution in [0.25, 0.3) is 0 Å². The maximum Gasteiger partial charge on any atom is 0.306 e. The summed E-state index contributed by atoms with van der Waals surface area (Å²) in [6.45, 7) is 6.28. The van der Waals surface area contributed by atoms with Gasteiger partial charge in [0.15, 0.2) is 6.10 Å². The molecule has 0 aromatic heterocycles. The number of allylic oxidation sites excluding steroid dienone is 24. The molecule has 392 valence electrons. The van der Waals surface area contributed by atoms with Crippen LogP contribution < -0.4 is 0 Å². The average molecular weight is 965 g/mol. The largest absolute Gasteiger partial charge is 0.462 e. The summed E-state index contributed by atoms with van der Waals surface area (Å²) in [6.07, 6.45) is 81.2. The third-order valence-electron chi connectivity index (χ3n) is 11.1. The lowest BCUT2D eigenvalue weighted by Gasteiger charge is -2.18. The van der Waals surface area contributed by atoms with Gasteiger partial charge in [-0.3, -0.25) is 14.4 Å². The summed E-state index contributed by atoms with van der Waals surface area (Å²) >= 11 is 0. The third-order valence-corrected chi connectivity index (χ3v) is 11.1. The van der Waals surface area contributed by atoms with Crippen LogP contribution in [0.1, 0.15) is 220 Å². The van der Waals surface area contributed by atoms with E-state index in [2.05, 4.69) is 167 Å². The summed E-state index contributed by atoms with van der Waals surface area (Å²) in [4.78, 5) is 38.1.